The quantitative estimate of drug-likeness (QED) is 0.651. The number of aliphatic hydroxyl groups excluding tert-OH is 1. The molecule has 0 bridgehead atoms. The summed E-state index contributed by atoms with van der Waals surface area (Å²) in [5.41, 5.74) is 2.93. The summed E-state index contributed by atoms with van der Waals surface area (Å²) in [5, 5.41) is 12.3. The third-order valence-corrected chi connectivity index (χ3v) is 4.97. The first-order valence-electron chi connectivity index (χ1n) is 9.40. The van der Waals surface area contributed by atoms with Crippen LogP contribution in [0.25, 0.3) is 0 Å². The van der Waals surface area contributed by atoms with Crippen LogP contribution in [-0.2, 0) is 12.8 Å². The van der Waals surface area contributed by atoms with Gasteiger partial charge in [0.05, 0.1) is 0 Å². The third kappa shape index (κ3) is 7.03. The maximum absolute atomic E-state index is 8.84. The Morgan fingerprint density at radius 1 is 1.13 bits per heavy atom. The highest BCUT2D eigenvalue weighted by Gasteiger charge is 2.17. The van der Waals surface area contributed by atoms with Crippen LogP contribution in [0.5, 0.6) is 0 Å². The predicted molar refractivity (Wildman–Crippen MR) is 97.9 cm³/mol. The largest absolute Gasteiger partial charge is 0.396 e. The van der Waals surface area contributed by atoms with Crippen LogP contribution in [0.2, 0.25) is 0 Å². The molecule has 0 radical (unpaired) electrons. The standard InChI is InChI=1S/C20H34N2O/c1-21-20-12-7-14-22(17-20)13-6-11-19-10-5-9-18(16-19)8-3-2-4-15-23/h5,9-10,16,20-21,23H,2-4,6-8,11-15,17H2,1H3. The second-order valence-electron chi connectivity index (χ2n) is 6.89. The summed E-state index contributed by atoms with van der Waals surface area (Å²) in [4.78, 5) is 2.61. The molecule has 1 aliphatic rings. The Morgan fingerprint density at radius 2 is 1.91 bits per heavy atom. The molecule has 1 aliphatic heterocycles. The second kappa shape index (κ2) is 10.8. The van der Waals surface area contributed by atoms with E-state index in [1.165, 1.54) is 62.9 Å². The molecule has 1 heterocycles. The Bertz CT molecular complexity index is 435. The summed E-state index contributed by atoms with van der Waals surface area (Å²) in [6.07, 6.45) is 9.48. The van der Waals surface area contributed by atoms with Crippen molar-refractivity contribution in [1.29, 1.82) is 0 Å². The van der Waals surface area contributed by atoms with E-state index < -0.39 is 0 Å². The fourth-order valence-corrected chi connectivity index (χ4v) is 3.56. The van der Waals surface area contributed by atoms with Gasteiger partial charge >= 0.3 is 0 Å². The molecular weight excluding hydrogens is 284 g/mol. The van der Waals surface area contributed by atoms with Gasteiger partial charge in [-0.15, -0.1) is 0 Å². The van der Waals surface area contributed by atoms with Crippen LogP contribution in [0.3, 0.4) is 0 Å². The van der Waals surface area contributed by atoms with Gasteiger partial charge in [0.1, 0.15) is 0 Å². The molecule has 1 atom stereocenters. The normalized spacial score (nSPS) is 19.1. The Kier molecular flexibility index (Phi) is 8.66. The Hall–Kier alpha value is -0.900. The van der Waals surface area contributed by atoms with Gasteiger partial charge in [-0.05, 0) is 76.2 Å². The van der Waals surface area contributed by atoms with Gasteiger partial charge in [0.25, 0.3) is 0 Å². The SMILES string of the molecule is CNC1CCCN(CCCc2cccc(CCCCCO)c2)C1. The average molecular weight is 319 g/mol. The first-order chi connectivity index (χ1) is 11.3. The molecule has 0 saturated carbocycles. The van der Waals surface area contributed by atoms with Gasteiger partial charge in [0.2, 0.25) is 0 Å². The summed E-state index contributed by atoms with van der Waals surface area (Å²) < 4.78 is 0. The van der Waals surface area contributed by atoms with Crippen molar-refractivity contribution in [3.63, 3.8) is 0 Å². The van der Waals surface area contributed by atoms with E-state index in [0.29, 0.717) is 12.6 Å². The molecule has 130 valence electrons. The number of aryl methyl sites for hydroxylation is 2. The molecule has 1 unspecified atom stereocenters. The van der Waals surface area contributed by atoms with E-state index in [1.807, 2.05) is 0 Å². The van der Waals surface area contributed by atoms with Crippen molar-refractivity contribution in [1.82, 2.24) is 10.2 Å². The highest BCUT2D eigenvalue weighted by atomic mass is 16.2. The minimum atomic E-state index is 0.324. The van der Waals surface area contributed by atoms with E-state index in [2.05, 4.69) is 41.5 Å². The summed E-state index contributed by atoms with van der Waals surface area (Å²) in [5.74, 6) is 0. The number of aliphatic hydroxyl groups is 1. The molecule has 0 amide bonds. The molecule has 1 aromatic rings. The Labute approximate surface area is 142 Å². The number of likely N-dealkylation sites (tertiary alicyclic amines) is 1. The minimum absolute atomic E-state index is 0.324. The van der Waals surface area contributed by atoms with E-state index >= 15 is 0 Å². The van der Waals surface area contributed by atoms with Gasteiger partial charge in [0, 0.05) is 19.2 Å². The smallest absolute Gasteiger partial charge is 0.0431 e. The Morgan fingerprint density at radius 3 is 2.65 bits per heavy atom. The summed E-state index contributed by atoms with van der Waals surface area (Å²) in [6, 6.07) is 9.78. The molecule has 2 N–H and O–H groups in total. The highest BCUT2D eigenvalue weighted by Crippen LogP contribution is 2.13. The lowest BCUT2D eigenvalue weighted by Crippen LogP contribution is -2.44. The van der Waals surface area contributed by atoms with E-state index in [0.717, 1.165) is 19.3 Å². The average Bonchev–Trinajstić information content (AvgIpc) is 2.59. The number of benzene rings is 1. The topological polar surface area (TPSA) is 35.5 Å². The van der Waals surface area contributed by atoms with E-state index in [4.69, 9.17) is 5.11 Å². The zero-order valence-electron chi connectivity index (χ0n) is 14.8. The Balaban J connectivity index is 1.68. The molecule has 1 aromatic carbocycles. The van der Waals surface area contributed by atoms with E-state index in [1.54, 1.807) is 0 Å². The lowest BCUT2D eigenvalue weighted by Gasteiger charge is -2.32. The lowest BCUT2D eigenvalue weighted by atomic mass is 10.0. The molecule has 0 aliphatic carbocycles. The highest BCUT2D eigenvalue weighted by molar-refractivity contribution is 5.23. The number of nitrogens with zero attached hydrogens (tertiary/aromatic N) is 1. The van der Waals surface area contributed by atoms with Gasteiger partial charge < -0.3 is 15.3 Å². The van der Waals surface area contributed by atoms with Crippen molar-refractivity contribution in [3.8, 4) is 0 Å². The van der Waals surface area contributed by atoms with E-state index in [9.17, 15) is 0 Å². The summed E-state index contributed by atoms with van der Waals surface area (Å²) >= 11 is 0. The number of hydrogen-bond donors (Lipinski definition) is 2. The van der Waals surface area contributed by atoms with Crippen molar-refractivity contribution in [2.75, 3.05) is 33.3 Å². The third-order valence-electron chi connectivity index (χ3n) is 4.97. The molecule has 3 nitrogen and oxygen atoms in total. The van der Waals surface area contributed by atoms with Crippen LogP contribution in [0, 0.1) is 0 Å². The summed E-state index contributed by atoms with van der Waals surface area (Å²) in [6.45, 7) is 4.02. The minimum Gasteiger partial charge on any atom is -0.396 e. The van der Waals surface area contributed by atoms with Gasteiger partial charge in [-0.2, -0.15) is 0 Å². The van der Waals surface area contributed by atoms with Crippen LogP contribution >= 0.6 is 0 Å². The van der Waals surface area contributed by atoms with Crippen molar-refractivity contribution in [2.45, 2.75) is 57.4 Å². The van der Waals surface area contributed by atoms with Crippen molar-refractivity contribution in [3.05, 3.63) is 35.4 Å². The van der Waals surface area contributed by atoms with Gasteiger partial charge in [-0.25, -0.2) is 0 Å². The molecule has 0 spiro atoms. The number of nitrogens with one attached hydrogen (secondary N) is 1. The van der Waals surface area contributed by atoms with Crippen LogP contribution in [0.4, 0.5) is 0 Å². The van der Waals surface area contributed by atoms with Gasteiger partial charge in [-0.3, -0.25) is 0 Å². The van der Waals surface area contributed by atoms with Gasteiger partial charge in [-0.1, -0.05) is 30.7 Å². The zero-order valence-corrected chi connectivity index (χ0v) is 14.8. The van der Waals surface area contributed by atoms with Crippen LogP contribution < -0.4 is 5.32 Å². The van der Waals surface area contributed by atoms with Crippen molar-refractivity contribution < 1.29 is 5.11 Å². The molecule has 23 heavy (non-hydrogen) atoms. The maximum atomic E-state index is 8.84. The zero-order chi connectivity index (χ0) is 16.3. The number of piperidine rings is 1. The lowest BCUT2D eigenvalue weighted by molar-refractivity contribution is 0.193. The van der Waals surface area contributed by atoms with Crippen LogP contribution in [-0.4, -0.2) is 49.3 Å². The summed E-state index contributed by atoms with van der Waals surface area (Å²) in [7, 11) is 2.08. The molecular formula is C20H34N2O. The predicted octanol–water partition coefficient (Wildman–Crippen LogP) is 3.01. The van der Waals surface area contributed by atoms with E-state index in [-0.39, 0.29) is 0 Å². The van der Waals surface area contributed by atoms with Crippen molar-refractivity contribution in [2.24, 2.45) is 0 Å². The number of unbranched alkanes of at least 4 members (excludes halogenated alkanes) is 2. The first kappa shape index (κ1) is 18.4. The van der Waals surface area contributed by atoms with Crippen LogP contribution in [0.15, 0.2) is 24.3 Å². The fraction of sp³-hybridized carbons (Fsp3) is 0.700. The van der Waals surface area contributed by atoms with Crippen molar-refractivity contribution >= 4 is 0 Å². The molecule has 2 rings (SSSR count). The number of hydrogen-bond acceptors (Lipinski definition) is 3. The second-order valence-corrected chi connectivity index (χ2v) is 6.89. The first-order valence-corrected chi connectivity index (χ1v) is 9.40. The molecule has 1 saturated heterocycles. The molecule has 1 fully saturated rings. The molecule has 0 aromatic heterocycles. The number of likely N-dealkylation sites (N-methyl/N-ethyl adjacent to an activating group) is 1. The fourth-order valence-electron chi connectivity index (χ4n) is 3.56. The van der Waals surface area contributed by atoms with Crippen LogP contribution in [0.1, 0.15) is 49.7 Å². The maximum Gasteiger partial charge on any atom is 0.0431 e. The number of rotatable bonds is 10. The van der Waals surface area contributed by atoms with Gasteiger partial charge in [0.15, 0.2) is 0 Å². The molecule has 3 heteroatoms. The monoisotopic (exact) mass is 318 g/mol.